The molecule has 2 saturated heterocycles. The molecule has 12 heteroatoms. The lowest BCUT2D eigenvalue weighted by atomic mass is 9.97. The van der Waals surface area contributed by atoms with Gasteiger partial charge in [-0.3, -0.25) is 4.79 Å². The van der Waals surface area contributed by atoms with Gasteiger partial charge in [-0.2, -0.15) is 8.78 Å². The Hall–Kier alpha value is -3.38. The highest BCUT2D eigenvalue weighted by atomic mass is 32.2. The summed E-state index contributed by atoms with van der Waals surface area (Å²) in [5.74, 6) is 1.96. The van der Waals surface area contributed by atoms with Crippen LogP contribution >= 0.6 is 11.9 Å². The number of nitrogens with two attached hydrogens (primary N) is 1. The van der Waals surface area contributed by atoms with Crippen molar-refractivity contribution in [3.63, 3.8) is 0 Å². The summed E-state index contributed by atoms with van der Waals surface area (Å²) in [4.78, 5) is 25.4. The number of alkyl halides is 2. The van der Waals surface area contributed by atoms with Crippen LogP contribution in [-0.2, 0) is 13.6 Å². The highest BCUT2D eigenvalue weighted by molar-refractivity contribution is 7.99. The van der Waals surface area contributed by atoms with Crippen LogP contribution in [0.4, 0.5) is 14.6 Å². The Morgan fingerprint density at radius 1 is 1.20 bits per heavy atom. The van der Waals surface area contributed by atoms with Gasteiger partial charge in [0, 0.05) is 48.9 Å². The van der Waals surface area contributed by atoms with Crippen LogP contribution < -0.4 is 14.8 Å². The Labute approximate surface area is 240 Å². The number of halogens is 2. The van der Waals surface area contributed by atoms with E-state index in [9.17, 15) is 13.6 Å². The molecule has 41 heavy (non-hydrogen) atoms. The fraction of sp³-hybridized carbons (Fsp3) is 0.483. The van der Waals surface area contributed by atoms with E-state index in [1.165, 1.54) is 0 Å². The first kappa shape index (κ1) is 26.5. The molecule has 1 saturated carbocycles. The number of anilines is 1. The number of carbonyl (C=O) groups excluding carboxylic acids is 1. The maximum Gasteiger partial charge on any atom is 0.325 e. The zero-order valence-electron chi connectivity index (χ0n) is 23.3. The molecule has 3 atom stereocenters. The molecule has 1 aromatic carbocycles. The Morgan fingerprint density at radius 3 is 2.63 bits per heavy atom. The van der Waals surface area contributed by atoms with Crippen molar-refractivity contribution in [1.29, 1.82) is 0 Å². The third-order valence-corrected chi connectivity index (χ3v) is 9.66. The number of benzene rings is 1. The highest BCUT2D eigenvalue weighted by Gasteiger charge is 2.47. The number of rotatable bonds is 8. The smallest absolute Gasteiger partial charge is 0.325 e. The molecule has 5 heterocycles. The SMILES string of the molecule is COc1cc(C(=O)N2[C@H]3CC[C@@H]2[C@H](N)C3)cc2nc(-c3cc4ccc(N(SC)C(F)F)nc4n3CC3CC3)n(C)c12. The topological polar surface area (TPSA) is 94.4 Å². The van der Waals surface area contributed by atoms with Crippen molar-refractivity contribution in [3.05, 3.63) is 35.9 Å². The van der Waals surface area contributed by atoms with E-state index >= 15 is 0 Å². The number of aryl methyl sites for hydroxylation is 1. The molecule has 3 aliphatic rings. The second kappa shape index (κ2) is 9.87. The predicted molar refractivity (Wildman–Crippen MR) is 156 cm³/mol. The Bertz CT molecular complexity index is 1670. The summed E-state index contributed by atoms with van der Waals surface area (Å²) in [5, 5.41) is 0.857. The molecule has 2 bridgehead atoms. The second-order valence-corrected chi connectivity index (χ2v) is 12.2. The number of methoxy groups -OCH3 is 1. The summed E-state index contributed by atoms with van der Waals surface area (Å²) in [7, 11) is 3.53. The number of hydrogen-bond acceptors (Lipinski definition) is 7. The molecule has 9 nitrogen and oxygen atoms in total. The number of ether oxygens (including phenoxy) is 1. The quantitative estimate of drug-likeness (QED) is 0.231. The number of carbonyl (C=O) groups is 1. The molecule has 3 fully saturated rings. The number of aromatic nitrogens is 4. The third-order valence-electron chi connectivity index (χ3n) is 8.92. The summed E-state index contributed by atoms with van der Waals surface area (Å²) in [5.41, 5.74) is 9.79. The van der Waals surface area contributed by atoms with E-state index in [1.54, 1.807) is 25.5 Å². The first-order valence-electron chi connectivity index (χ1n) is 14.0. The van der Waals surface area contributed by atoms with Crippen molar-refractivity contribution >= 4 is 45.7 Å². The number of amides is 1. The van der Waals surface area contributed by atoms with Crippen LogP contribution in [-0.4, -0.2) is 67.9 Å². The molecule has 0 unspecified atom stereocenters. The van der Waals surface area contributed by atoms with Crippen molar-refractivity contribution in [3.8, 4) is 17.3 Å². The van der Waals surface area contributed by atoms with Crippen molar-refractivity contribution in [2.45, 2.75) is 63.3 Å². The summed E-state index contributed by atoms with van der Waals surface area (Å²) >= 11 is 0.945. The lowest BCUT2D eigenvalue weighted by Crippen LogP contribution is -2.40. The van der Waals surface area contributed by atoms with Gasteiger partial charge in [-0.25, -0.2) is 14.3 Å². The van der Waals surface area contributed by atoms with Crippen LogP contribution in [0.15, 0.2) is 30.3 Å². The van der Waals surface area contributed by atoms with E-state index in [4.69, 9.17) is 15.5 Å². The Balaban J connectivity index is 1.35. The Kier molecular flexibility index (Phi) is 6.38. The van der Waals surface area contributed by atoms with Gasteiger partial charge in [0.1, 0.15) is 22.7 Å². The normalized spacial score (nSPS) is 22.0. The van der Waals surface area contributed by atoms with E-state index in [0.717, 1.165) is 71.5 Å². The first-order chi connectivity index (χ1) is 19.8. The molecule has 2 N–H and O–H groups in total. The summed E-state index contributed by atoms with van der Waals surface area (Å²) in [6, 6.07) is 9.42. The minimum atomic E-state index is -2.67. The molecular formula is C29H33F2N7O2S. The van der Waals surface area contributed by atoms with Crippen molar-refractivity contribution < 1.29 is 18.3 Å². The monoisotopic (exact) mass is 581 g/mol. The number of imidazole rings is 1. The molecule has 1 amide bonds. The maximum absolute atomic E-state index is 13.7. The van der Waals surface area contributed by atoms with Crippen LogP contribution in [0.2, 0.25) is 0 Å². The number of pyridine rings is 1. The predicted octanol–water partition coefficient (Wildman–Crippen LogP) is 5.02. The Morgan fingerprint density at radius 2 is 2.00 bits per heavy atom. The number of hydrogen-bond donors (Lipinski definition) is 1. The third kappa shape index (κ3) is 4.25. The van der Waals surface area contributed by atoms with Crippen molar-refractivity contribution in [1.82, 2.24) is 24.0 Å². The van der Waals surface area contributed by atoms with E-state index in [-0.39, 0.29) is 29.9 Å². The van der Waals surface area contributed by atoms with Gasteiger partial charge in [0.25, 0.3) is 5.91 Å². The zero-order valence-corrected chi connectivity index (χ0v) is 24.1. The molecule has 216 valence electrons. The average molecular weight is 582 g/mol. The highest BCUT2D eigenvalue weighted by Crippen LogP contribution is 2.41. The average Bonchev–Trinajstić information content (AvgIpc) is 3.28. The molecule has 3 aromatic heterocycles. The fourth-order valence-electron chi connectivity index (χ4n) is 6.76. The zero-order chi connectivity index (χ0) is 28.6. The van der Waals surface area contributed by atoms with Gasteiger partial charge in [-0.1, -0.05) is 0 Å². The minimum Gasteiger partial charge on any atom is -0.494 e. The van der Waals surface area contributed by atoms with Crippen LogP contribution in [0.25, 0.3) is 33.6 Å². The van der Waals surface area contributed by atoms with Crippen LogP contribution in [0.3, 0.4) is 0 Å². The molecule has 7 rings (SSSR count). The van der Waals surface area contributed by atoms with E-state index in [0.29, 0.717) is 34.2 Å². The van der Waals surface area contributed by atoms with E-state index in [1.807, 2.05) is 34.7 Å². The van der Waals surface area contributed by atoms with E-state index in [2.05, 4.69) is 9.55 Å². The second-order valence-electron chi connectivity index (χ2n) is 11.4. The van der Waals surface area contributed by atoms with Gasteiger partial charge in [-0.15, -0.1) is 0 Å². The molecule has 4 aromatic rings. The standard InChI is InChI=1S/C29H33F2N7O2S/c1-35-25-20(10-17(12-23(25)40-2)28(39)37-18-7-8-21(37)19(32)13-18)33-27(35)22-11-16-6-9-24(38(41-3)29(30)31)34-26(16)36(22)14-15-4-5-15/h6,9-12,15,18-19,21,29H,4-5,7-8,13-14,32H2,1-3H3/t18-,19+,21+/m0/s1. The van der Waals surface area contributed by atoms with E-state index < -0.39 is 6.55 Å². The number of fused-ring (bicyclic) bond motifs is 4. The van der Waals surface area contributed by atoms with Crippen molar-refractivity contribution in [2.75, 3.05) is 17.7 Å². The van der Waals surface area contributed by atoms with Gasteiger partial charge in [-0.05, 0) is 80.3 Å². The first-order valence-corrected chi connectivity index (χ1v) is 15.2. The van der Waals surface area contributed by atoms with Gasteiger partial charge >= 0.3 is 6.55 Å². The molecular weight excluding hydrogens is 548 g/mol. The molecule has 0 radical (unpaired) electrons. The largest absolute Gasteiger partial charge is 0.494 e. The van der Waals surface area contributed by atoms with Gasteiger partial charge in [0.2, 0.25) is 0 Å². The maximum atomic E-state index is 13.7. The number of nitrogens with zero attached hydrogens (tertiary/aromatic N) is 6. The van der Waals surface area contributed by atoms with Gasteiger partial charge < -0.3 is 24.5 Å². The van der Waals surface area contributed by atoms with Crippen molar-refractivity contribution in [2.24, 2.45) is 18.7 Å². The molecule has 1 aliphatic carbocycles. The summed E-state index contributed by atoms with van der Waals surface area (Å²) < 4.78 is 38.1. The van der Waals surface area contributed by atoms with Gasteiger partial charge in [0.05, 0.1) is 18.3 Å². The van der Waals surface area contributed by atoms with Gasteiger partial charge in [0.15, 0.2) is 5.82 Å². The van der Waals surface area contributed by atoms with Crippen LogP contribution in [0.1, 0.15) is 42.5 Å². The molecule has 2 aliphatic heterocycles. The fourth-order valence-corrected chi connectivity index (χ4v) is 7.21. The summed E-state index contributed by atoms with van der Waals surface area (Å²) in [6.45, 7) is -1.94. The lowest BCUT2D eigenvalue weighted by Gasteiger charge is -2.23. The summed E-state index contributed by atoms with van der Waals surface area (Å²) in [6.07, 6.45) is 6.63. The minimum absolute atomic E-state index is 0.0241. The van der Waals surface area contributed by atoms with Crippen LogP contribution in [0.5, 0.6) is 5.75 Å². The van der Waals surface area contributed by atoms with Crippen LogP contribution in [0, 0.1) is 5.92 Å². The lowest BCUT2D eigenvalue weighted by molar-refractivity contribution is 0.0726. The molecule has 0 spiro atoms.